The number of hydrogen-bond acceptors (Lipinski definition) is 5. The standard InChI is InChI=1S/C17H21F6N3O4/c18-16(19,20)12-6-24-26(8-12)7-11-5-15(29-10-11)1-3-25(4-2-15)14(28)30-13(9-27)17(21,22)23/h6,8,11,13,27H,1-5,7,9-10H2/t11?,13-/m1/s1. The van der Waals surface area contributed by atoms with Crippen LogP contribution in [-0.2, 0) is 22.2 Å². The minimum atomic E-state index is -4.86. The molecule has 0 radical (unpaired) electrons. The van der Waals surface area contributed by atoms with Crippen LogP contribution in [0.15, 0.2) is 12.4 Å². The molecule has 2 fully saturated rings. The summed E-state index contributed by atoms with van der Waals surface area (Å²) < 4.78 is 87.3. The summed E-state index contributed by atoms with van der Waals surface area (Å²) in [5.41, 5.74) is -1.41. The fourth-order valence-corrected chi connectivity index (χ4v) is 3.78. The molecular weight excluding hydrogens is 424 g/mol. The van der Waals surface area contributed by atoms with Crippen molar-refractivity contribution in [1.29, 1.82) is 0 Å². The lowest BCUT2D eigenvalue weighted by Crippen LogP contribution is -2.49. The molecule has 3 rings (SSSR count). The van der Waals surface area contributed by atoms with E-state index in [2.05, 4.69) is 9.84 Å². The number of alkyl halides is 6. The van der Waals surface area contributed by atoms with Gasteiger partial charge >= 0.3 is 18.4 Å². The molecular formula is C17H21F6N3O4. The highest BCUT2D eigenvalue weighted by Gasteiger charge is 2.46. The predicted molar refractivity (Wildman–Crippen MR) is 88.2 cm³/mol. The lowest BCUT2D eigenvalue weighted by Gasteiger charge is -2.38. The van der Waals surface area contributed by atoms with E-state index in [4.69, 9.17) is 9.84 Å². The van der Waals surface area contributed by atoms with E-state index in [0.29, 0.717) is 25.9 Å². The van der Waals surface area contributed by atoms with Crippen LogP contribution in [0.4, 0.5) is 31.1 Å². The molecule has 1 spiro atoms. The van der Waals surface area contributed by atoms with Crippen molar-refractivity contribution in [2.24, 2.45) is 5.92 Å². The predicted octanol–water partition coefficient (Wildman–Crippen LogP) is 2.83. The molecule has 2 atom stereocenters. The minimum Gasteiger partial charge on any atom is -0.434 e. The zero-order valence-corrected chi connectivity index (χ0v) is 15.7. The zero-order valence-electron chi connectivity index (χ0n) is 15.7. The van der Waals surface area contributed by atoms with Gasteiger partial charge in [0.15, 0.2) is 0 Å². The van der Waals surface area contributed by atoms with Gasteiger partial charge in [-0.25, -0.2) is 4.79 Å². The number of aromatic nitrogens is 2. The number of carbonyl (C=O) groups excluding carboxylic acids is 1. The van der Waals surface area contributed by atoms with E-state index in [9.17, 15) is 31.1 Å². The van der Waals surface area contributed by atoms with E-state index >= 15 is 0 Å². The molecule has 1 N–H and O–H groups in total. The van der Waals surface area contributed by atoms with E-state index in [1.54, 1.807) is 0 Å². The Kier molecular flexibility index (Phi) is 6.23. The summed E-state index contributed by atoms with van der Waals surface area (Å²) in [5, 5.41) is 12.5. The Labute approximate surface area is 167 Å². The summed E-state index contributed by atoms with van der Waals surface area (Å²) in [6.07, 6.45) is -10.1. The van der Waals surface area contributed by atoms with Crippen molar-refractivity contribution in [3.63, 3.8) is 0 Å². The van der Waals surface area contributed by atoms with Gasteiger partial charge in [0, 0.05) is 31.7 Å². The Morgan fingerprint density at radius 1 is 1.30 bits per heavy atom. The summed E-state index contributed by atoms with van der Waals surface area (Å²) >= 11 is 0. The van der Waals surface area contributed by atoms with E-state index in [-0.39, 0.29) is 25.6 Å². The highest BCUT2D eigenvalue weighted by atomic mass is 19.4. The zero-order chi connectivity index (χ0) is 22.2. The van der Waals surface area contributed by atoms with E-state index in [0.717, 1.165) is 17.3 Å². The number of ether oxygens (including phenoxy) is 2. The molecule has 1 unspecified atom stereocenters. The van der Waals surface area contributed by atoms with Gasteiger partial charge in [0.2, 0.25) is 6.10 Å². The molecule has 2 aliphatic rings. The fraction of sp³-hybridized carbons (Fsp3) is 0.765. The molecule has 2 saturated heterocycles. The quantitative estimate of drug-likeness (QED) is 0.722. The van der Waals surface area contributed by atoms with Crippen molar-refractivity contribution in [2.45, 2.75) is 49.9 Å². The van der Waals surface area contributed by atoms with Crippen LogP contribution in [0.25, 0.3) is 0 Å². The summed E-state index contributed by atoms with van der Waals surface area (Å²) in [7, 11) is 0. The van der Waals surface area contributed by atoms with Crippen LogP contribution < -0.4 is 0 Å². The van der Waals surface area contributed by atoms with E-state index in [1.807, 2.05) is 0 Å². The average molecular weight is 445 g/mol. The number of amides is 1. The lowest BCUT2D eigenvalue weighted by molar-refractivity contribution is -0.215. The lowest BCUT2D eigenvalue weighted by atomic mass is 9.85. The molecule has 1 aromatic heterocycles. The largest absolute Gasteiger partial charge is 0.434 e. The molecule has 0 aromatic carbocycles. The van der Waals surface area contributed by atoms with Gasteiger partial charge in [-0.05, 0) is 19.3 Å². The Morgan fingerprint density at radius 3 is 2.50 bits per heavy atom. The maximum atomic E-state index is 12.7. The number of aliphatic hydroxyl groups excluding tert-OH is 1. The van der Waals surface area contributed by atoms with Crippen molar-refractivity contribution in [1.82, 2.24) is 14.7 Å². The number of rotatable bonds is 4. The van der Waals surface area contributed by atoms with E-state index < -0.39 is 42.3 Å². The first-order valence-electron chi connectivity index (χ1n) is 9.29. The molecule has 2 aliphatic heterocycles. The van der Waals surface area contributed by atoms with Crippen LogP contribution in [0.3, 0.4) is 0 Å². The van der Waals surface area contributed by atoms with Gasteiger partial charge in [-0.1, -0.05) is 0 Å². The van der Waals surface area contributed by atoms with Crippen molar-refractivity contribution in [3.8, 4) is 0 Å². The molecule has 7 nitrogen and oxygen atoms in total. The third-order valence-corrected chi connectivity index (χ3v) is 5.40. The summed E-state index contributed by atoms with van der Waals surface area (Å²) in [6.45, 7) is -0.579. The van der Waals surface area contributed by atoms with Crippen LogP contribution in [0.5, 0.6) is 0 Å². The molecule has 1 amide bonds. The molecule has 30 heavy (non-hydrogen) atoms. The third-order valence-electron chi connectivity index (χ3n) is 5.40. The second kappa shape index (κ2) is 8.25. The third kappa shape index (κ3) is 5.17. The van der Waals surface area contributed by atoms with Crippen LogP contribution in [0.1, 0.15) is 24.8 Å². The molecule has 0 bridgehead atoms. The van der Waals surface area contributed by atoms with Crippen LogP contribution in [0, 0.1) is 5.92 Å². The topological polar surface area (TPSA) is 76.8 Å². The van der Waals surface area contributed by atoms with Gasteiger partial charge < -0.3 is 19.5 Å². The Hall–Kier alpha value is -2.02. The summed E-state index contributed by atoms with van der Waals surface area (Å²) in [5.74, 6) is -0.0755. The number of nitrogens with zero attached hydrogens (tertiary/aromatic N) is 3. The normalized spacial score (nSPS) is 23.0. The van der Waals surface area contributed by atoms with Crippen molar-refractivity contribution in [2.75, 3.05) is 26.3 Å². The van der Waals surface area contributed by atoms with Crippen LogP contribution >= 0.6 is 0 Å². The number of carbonyl (C=O) groups is 1. The van der Waals surface area contributed by atoms with Gasteiger partial charge in [0.05, 0.1) is 30.6 Å². The second-order valence-corrected chi connectivity index (χ2v) is 7.60. The maximum absolute atomic E-state index is 12.7. The Morgan fingerprint density at radius 2 is 1.97 bits per heavy atom. The number of halogens is 6. The SMILES string of the molecule is O=C(O[C@H](CO)C(F)(F)F)N1CCC2(CC1)CC(Cn1cc(C(F)(F)F)cn1)CO2. The molecule has 170 valence electrons. The number of aliphatic hydroxyl groups is 1. The van der Waals surface area contributed by atoms with Gasteiger partial charge in [0.1, 0.15) is 0 Å². The van der Waals surface area contributed by atoms with Gasteiger partial charge in [-0.3, -0.25) is 4.68 Å². The number of likely N-dealkylation sites (tertiary alicyclic amines) is 1. The first kappa shape index (κ1) is 22.7. The molecule has 3 heterocycles. The molecule has 0 aliphatic carbocycles. The Bertz CT molecular complexity index is 743. The number of hydrogen-bond donors (Lipinski definition) is 1. The average Bonchev–Trinajstić information content (AvgIpc) is 3.27. The van der Waals surface area contributed by atoms with Crippen molar-refractivity contribution in [3.05, 3.63) is 18.0 Å². The van der Waals surface area contributed by atoms with Crippen LogP contribution in [0.2, 0.25) is 0 Å². The summed E-state index contributed by atoms with van der Waals surface area (Å²) in [6, 6.07) is 0. The van der Waals surface area contributed by atoms with E-state index in [1.165, 1.54) is 4.68 Å². The highest BCUT2D eigenvalue weighted by Crippen LogP contribution is 2.39. The van der Waals surface area contributed by atoms with Gasteiger partial charge in [-0.2, -0.15) is 31.4 Å². The summed E-state index contributed by atoms with van der Waals surface area (Å²) in [4.78, 5) is 13.1. The monoisotopic (exact) mass is 445 g/mol. The molecule has 13 heteroatoms. The van der Waals surface area contributed by atoms with Crippen molar-refractivity contribution < 1.29 is 45.7 Å². The first-order chi connectivity index (χ1) is 13.9. The van der Waals surface area contributed by atoms with Crippen LogP contribution in [-0.4, -0.2) is 70.1 Å². The molecule has 1 aromatic rings. The maximum Gasteiger partial charge on any atom is 0.427 e. The van der Waals surface area contributed by atoms with Gasteiger partial charge in [-0.15, -0.1) is 0 Å². The second-order valence-electron chi connectivity index (χ2n) is 7.60. The minimum absolute atomic E-state index is 0.0755. The fourth-order valence-electron chi connectivity index (χ4n) is 3.78. The highest BCUT2D eigenvalue weighted by molar-refractivity contribution is 5.68. The number of piperidine rings is 1. The first-order valence-corrected chi connectivity index (χ1v) is 9.29. The van der Waals surface area contributed by atoms with Gasteiger partial charge in [0.25, 0.3) is 0 Å². The smallest absolute Gasteiger partial charge is 0.427 e. The Balaban J connectivity index is 1.50. The van der Waals surface area contributed by atoms with Crippen molar-refractivity contribution >= 4 is 6.09 Å². The molecule has 0 saturated carbocycles.